The van der Waals surface area contributed by atoms with Crippen LogP contribution in [0.1, 0.15) is 39.4 Å². The molecule has 2 N–H and O–H groups in total. The van der Waals surface area contributed by atoms with Crippen LogP contribution in [0.2, 0.25) is 0 Å². The first-order valence-corrected chi connectivity index (χ1v) is 12.7. The van der Waals surface area contributed by atoms with E-state index in [1.165, 1.54) is 0 Å². The molecule has 0 bridgehead atoms. The molecule has 0 radical (unpaired) electrons. The van der Waals surface area contributed by atoms with E-state index in [9.17, 15) is 9.59 Å². The predicted octanol–water partition coefficient (Wildman–Crippen LogP) is 5.98. The summed E-state index contributed by atoms with van der Waals surface area (Å²) in [6.45, 7) is 2.53. The third-order valence-electron chi connectivity index (χ3n) is 5.83. The molecule has 8 heteroatoms. The van der Waals surface area contributed by atoms with Crippen molar-refractivity contribution in [2.75, 3.05) is 6.61 Å². The van der Waals surface area contributed by atoms with Gasteiger partial charge in [0, 0.05) is 35.0 Å². The number of nitrogens with one attached hydrogen (secondary N) is 1. The molecule has 7 nitrogen and oxygen atoms in total. The zero-order valence-electron chi connectivity index (χ0n) is 20.4. The number of carbonyl (C=O) groups is 2. The molecule has 0 spiro atoms. The van der Waals surface area contributed by atoms with Gasteiger partial charge in [0.2, 0.25) is 5.89 Å². The van der Waals surface area contributed by atoms with Crippen LogP contribution in [0.4, 0.5) is 0 Å². The molecule has 0 aliphatic carbocycles. The lowest BCUT2D eigenvalue weighted by atomic mass is 10.0. The van der Waals surface area contributed by atoms with Gasteiger partial charge in [-0.2, -0.15) is 0 Å². The smallest absolute Gasteiger partial charge is 0.303 e. The van der Waals surface area contributed by atoms with Gasteiger partial charge in [-0.25, -0.2) is 4.98 Å². The number of aryl methyl sites for hydroxylation is 2. The minimum Gasteiger partial charge on any atom is -0.493 e. The highest BCUT2D eigenvalue weighted by Crippen LogP contribution is 2.23. The maximum absolute atomic E-state index is 12.6. The van der Waals surface area contributed by atoms with Gasteiger partial charge in [-0.15, -0.1) is 0 Å². The molecule has 4 rings (SSSR count). The summed E-state index contributed by atoms with van der Waals surface area (Å²) in [4.78, 5) is 28.4. The number of amides is 1. The third kappa shape index (κ3) is 7.30. The van der Waals surface area contributed by atoms with Crippen molar-refractivity contribution in [3.05, 3.63) is 105 Å². The number of carbonyl (C=O) groups excluding carboxylic acids is 1. The summed E-state index contributed by atoms with van der Waals surface area (Å²) >= 11 is 3.38. The van der Waals surface area contributed by atoms with Crippen LogP contribution in [-0.4, -0.2) is 28.6 Å². The Bertz CT molecular complexity index is 1380. The normalized spacial score (nSPS) is 10.8. The summed E-state index contributed by atoms with van der Waals surface area (Å²) in [5.41, 5.74) is 3.95. The third-order valence-corrected chi connectivity index (χ3v) is 6.33. The molecular formula is C29H27BrN2O5. The lowest BCUT2D eigenvalue weighted by molar-refractivity contribution is -0.136. The van der Waals surface area contributed by atoms with E-state index in [0.717, 1.165) is 32.6 Å². The fourth-order valence-corrected chi connectivity index (χ4v) is 4.28. The first-order valence-electron chi connectivity index (χ1n) is 11.9. The number of carboxylic acid groups (broad SMARTS) is 1. The van der Waals surface area contributed by atoms with E-state index >= 15 is 0 Å². The van der Waals surface area contributed by atoms with Crippen LogP contribution in [0.25, 0.3) is 11.5 Å². The number of rotatable bonds is 11. The topological polar surface area (TPSA) is 102 Å². The van der Waals surface area contributed by atoms with Crippen molar-refractivity contribution in [3.63, 3.8) is 0 Å². The van der Waals surface area contributed by atoms with Crippen LogP contribution < -0.4 is 10.1 Å². The average molecular weight is 563 g/mol. The average Bonchev–Trinajstić information content (AvgIpc) is 3.27. The first kappa shape index (κ1) is 26.2. The van der Waals surface area contributed by atoms with Crippen LogP contribution in [-0.2, 0) is 24.2 Å². The highest BCUT2D eigenvalue weighted by molar-refractivity contribution is 9.10. The molecule has 0 fully saturated rings. The van der Waals surface area contributed by atoms with Gasteiger partial charge in [0.05, 0.1) is 12.3 Å². The fourth-order valence-electron chi connectivity index (χ4n) is 3.88. The second kappa shape index (κ2) is 12.4. The molecule has 37 heavy (non-hydrogen) atoms. The number of ether oxygens (including phenoxy) is 1. The summed E-state index contributed by atoms with van der Waals surface area (Å²) in [6, 6.07) is 22.4. The van der Waals surface area contributed by atoms with Crippen molar-refractivity contribution in [1.29, 1.82) is 0 Å². The minimum absolute atomic E-state index is 0.00195. The quantitative estimate of drug-likeness (QED) is 0.233. The summed E-state index contributed by atoms with van der Waals surface area (Å²) in [5.74, 6) is 0.881. The largest absolute Gasteiger partial charge is 0.493 e. The van der Waals surface area contributed by atoms with E-state index in [1.807, 2.05) is 61.5 Å². The number of nitrogens with zero attached hydrogens (tertiary/aromatic N) is 1. The van der Waals surface area contributed by atoms with Crippen molar-refractivity contribution in [2.24, 2.45) is 0 Å². The van der Waals surface area contributed by atoms with E-state index in [4.69, 9.17) is 14.3 Å². The number of aliphatic carboxylic acids is 1. The number of benzene rings is 3. The minimum atomic E-state index is -0.873. The van der Waals surface area contributed by atoms with Gasteiger partial charge in [0.15, 0.2) is 0 Å². The molecule has 0 unspecified atom stereocenters. The molecule has 0 aliphatic rings. The molecule has 0 aliphatic heterocycles. The van der Waals surface area contributed by atoms with Crippen LogP contribution in [0.3, 0.4) is 0 Å². The van der Waals surface area contributed by atoms with Gasteiger partial charge in [0.1, 0.15) is 11.5 Å². The maximum atomic E-state index is 12.6. The zero-order chi connectivity index (χ0) is 26.2. The van der Waals surface area contributed by atoms with Gasteiger partial charge in [0.25, 0.3) is 5.91 Å². The zero-order valence-corrected chi connectivity index (χ0v) is 22.0. The highest BCUT2D eigenvalue weighted by Gasteiger charge is 2.13. The van der Waals surface area contributed by atoms with Crippen molar-refractivity contribution in [2.45, 2.75) is 32.7 Å². The Kier molecular flexibility index (Phi) is 8.74. The molecule has 1 aromatic heterocycles. The van der Waals surface area contributed by atoms with Gasteiger partial charge in [-0.05, 0) is 66.9 Å². The lowest BCUT2D eigenvalue weighted by Crippen LogP contribution is -2.23. The van der Waals surface area contributed by atoms with Crippen molar-refractivity contribution in [3.8, 4) is 17.2 Å². The molecular weight excluding hydrogens is 536 g/mol. The van der Waals surface area contributed by atoms with Crippen molar-refractivity contribution >= 4 is 27.8 Å². The van der Waals surface area contributed by atoms with Gasteiger partial charge >= 0.3 is 5.97 Å². The Morgan fingerprint density at radius 3 is 2.57 bits per heavy atom. The Balaban J connectivity index is 1.42. The van der Waals surface area contributed by atoms with Crippen molar-refractivity contribution < 1.29 is 23.8 Å². The molecule has 0 saturated heterocycles. The Hall–Kier alpha value is -3.91. The molecule has 0 atom stereocenters. The number of hydrogen-bond donors (Lipinski definition) is 2. The molecule has 1 amide bonds. The van der Waals surface area contributed by atoms with Crippen LogP contribution in [0.15, 0.2) is 81.7 Å². The monoisotopic (exact) mass is 562 g/mol. The van der Waals surface area contributed by atoms with Crippen LogP contribution in [0.5, 0.6) is 5.75 Å². The van der Waals surface area contributed by atoms with E-state index < -0.39 is 5.97 Å². The highest BCUT2D eigenvalue weighted by atomic mass is 79.9. The Labute approximate surface area is 223 Å². The summed E-state index contributed by atoms with van der Waals surface area (Å²) in [5, 5.41) is 12.0. The SMILES string of the molecule is Cc1oc(-c2ccccc2)nc1CCOc1ccc(CCC(=O)O)c(CNC(=O)c2cccc(Br)c2)c1. The van der Waals surface area contributed by atoms with Crippen LogP contribution in [0, 0.1) is 6.92 Å². The Morgan fingerprint density at radius 1 is 1.00 bits per heavy atom. The van der Waals surface area contributed by atoms with E-state index in [1.54, 1.807) is 18.2 Å². The molecule has 3 aromatic carbocycles. The van der Waals surface area contributed by atoms with Crippen LogP contribution >= 0.6 is 15.9 Å². The number of halogens is 1. The number of hydrogen-bond acceptors (Lipinski definition) is 5. The Morgan fingerprint density at radius 2 is 1.81 bits per heavy atom. The molecule has 0 saturated carbocycles. The maximum Gasteiger partial charge on any atom is 0.303 e. The first-order chi connectivity index (χ1) is 17.9. The van der Waals surface area contributed by atoms with E-state index in [0.29, 0.717) is 36.7 Å². The summed E-state index contributed by atoms with van der Waals surface area (Å²) in [7, 11) is 0. The van der Waals surface area contributed by atoms with Gasteiger partial charge in [-0.1, -0.05) is 46.3 Å². The lowest BCUT2D eigenvalue weighted by Gasteiger charge is -2.13. The van der Waals surface area contributed by atoms with E-state index in [2.05, 4.69) is 26.2 Å². The van der Waals surface area contributed by atoms with Gasteiger partial charge in [-0.3, -0.25) is 9.59 Å². The second-order valence-corrected chi connectivity index (χ2v) is 9.42. The second-order valence-electron chi connectivity index (χ2n) is 8.50. The van der Waals surface area contributed by atoms with Crippen molar-refractivity contribution in [1.82, 2.24) is 10.3 Å². The number of aromatic nitrogens is 1. The van der Waals surface area contributed by atoms with Gasteiger partial charge < -0.3 is 19.6 Å². The van der Waals surface area contributed by atoms with E-state index in [-0.39, 0.29) is 18.9 Å². The predicted molar refractivity (Wildman–Crippen MR) is 144 cm³/mol. The molecule has 1 heterocycles. The molecule has 190 valence electrons. The number of oxazole rings is 1. The molecule has 4 aromatic rings. The standard InChI is InChI=1S/C29H27BrN2O5/c1-19-26(32-29(37-19)21-6-3-2-4-7-21)14-15-36-25-12-10-20(11-13-27(33)34)23(17-25)18-31-28(35)22-8-5-9-24(30)16-22/h2-10,12,16-17H,11,13-15,18H2,1H3,(H,31,35)(H,33,34). The fraction of sp³-hybridized carbons (Fsp3) is 0.207. The summed E-state index contributed by atoms with van der Waals surface area (Å²) < 4.78 is 12.6. The number of carboxylic acids is 1. The summed E-state index contributed by atoms with van der Waals surface area (Å²) in [6.07, 6.45) is 0.929.